The Morgan fingerprint density at radius 1 is 1.29 bits per heavy atom. The molecule has 0 atom stereocenters. The molecule has 1 aliphatic rings. The summed E-state index contributed by atoms with van der Waals surface area (Å²) in [5.74, 6) is 2.59. The zero-order valence-electron chi connectivity index (χ0n) is 9.78. The van der Waals surface area contributed by atoms with Crippen LogP contribution in [0.5, 0.6) is 0 Å². The highest BCUT2D eigenvalue weighted by Crippen LogP contribution is 2.10. The summed E-state index contributed by atoms with van der Waals surface area (Å²) >= 11 is 0. The van der Waals surface area contributed by atoms with Gasteiger partial charge in [0.1, 0.15) is 0 Å². The Morgan fingerprint density at radius 3 is 2.53 bits per heavy atom. The number of carbonyl (C=O) groups excluding carboxylic acids is 1. The van der Waals surface area contributed by atoms with Crippen LogP contribution in [-0.4, -0.2) is 30.4 Å². The topological polar surface area (TPSA) is 32.3 Å². The van der Waals surface area contributed by atoms with E-state index in [2.05, 4.69) is 16.1 Å². The van der Waals surface area contributed by atoms with E-state index in [1.807, 2.05) is 24.3 Å². The average molecular weight is 228 g/mol. The van der Waals surface area contributed by atoms with E-state index in [-0.39, 0.29) is 5.91 Å². The molecule has 0 spiro atoms. The number of hydrogen-bond donors (Lipinski definition) is 1. The van der Waals surface area contributed by atoms with Gasteiger partial charge in [-0.1, -0.05) is 5.92 Å². The number of likely N-dealkylation sites (tertiary alicyclic amines) is 1. The summed E-state index contributed by atoms with van der Waals surface area (Å²) in [6.07, 6.45) is 7.66. The SMILES string of the molecule is C#Cc1ccc(NC(=O)CN2CCCC2)cc1. The fourth-order valence-electron chi connectivity index (χ4n) is 1.99. The summed E-state index contributed by atoms with van der Waals surface area (Å²) in [4.78, 5) is 13.9. The molecule has 1 fully saturated rings. The Kier molecular flexibility index (Phi) is 3.79. The molecule has 1 saturated heterocycles. The first-order chi connectivity index (χ1) is 8.28. The van der Waals surface area contributed by atoms with E-state index in [4.69, 9.17) is 6.42 Å². The second kappa shape index (κ2) is 5.51. The molecule has 0 bridgehead atoms. The maximum atomic E-state index is 11.7. The van der Waals surface area contributed by atoms with Crippen LogP contribution in [0.1, 0.15) is 18.4 Å². The number of anilines is 1. The summed E-state index contributed by atoms with van der Waals surface area (Å²) in [7, 11) is 0. The van der Waals surface area contributed by atoms with Crippen LogP contribution in [-0.2, 0) is 4.79 Å². The smallest absolute Gasteiger partial charge is 0.238 e. The molecular formula is C14H16N2O. The highest BCUT2D eigenvalue weighted by molar-refractivity contribution is 5.92. The summed E-state index contributed by atoms with van der Waals surface area (Å²) in [6.45, 7) is 2.55. The van der Waals surface area contributed by atoms with Gasteiger partial charge in [0.15, 0.2) is 0 Å². The van der Waals surface area contributed by atoms with Crippen molar-refractivity contribution in [1.82, 2.24) is 4.90 Å². The number of rotatable bonds is 3. The molecule has 0 unspecified atom stereocenters. The lowest BCUT2D eigenvalue weighted by Gasteiger charge is -2.14. The maximum absolute atomic E-state index is 11.7. The Morgan fingerprint density at radius 2 is 1.94 bits per heavy atom. The standard InChI is InChI=1S/C14H16N2O/c1-2-12-5-7-13(8-6-12)15-14(17)11-16-9-3-4-10-16/h1,5-8H,3-4,9-11H2,(H,15,17). The molecule has 0 aromatic heterocycles. The number of hydrogen-bond acceptors (Lipinski definition) is 2. The number of carbonyl (C=O) groups is 1. The molecule has 1 heterocycles. The molecule has 88 valence electrons. The van der Waals surface area contributed by atoms with Crippen LogP contribution >= 0.6 is 0 Å². The highest BCUT2D eigenvalue weighted by Gasteiger charge is 2.14. The molecule has 1 aromatic rings. The minimum absolute atomic E-state index is 0.0420. The van der Waals surface area contributed by atoms with Gasteiger partial charge in [-0.05, 0) is 50.2 Å². The van der Waals surface area contributed by atoms with Crippen LogP contribution in [0.15, 0.2) is 24.3 Å². The highest BCUT2D eigenvalue weighted by atomic mass is 16.2. The summed E-state index contributed by atoms with van der Waals surface area (Å²) in [5.41, 5.74) is 1.62. The van der Waals surface area contributed by atoms with E-state index in [0.717, 1.165) is 24.3 Å². The monoisotopic (exact) mass is 228 g/mol. The van der Waals surface area contributed by atoms with E-state index < -0.39 is 0 Å². The van der Waals surface area contributed by atoms with Crippen LogP contribution in [0.3, 0.4) is 0 Å². The van der Waals surface area contributed by atoms with E-state index >= 15 is 0 Å². The first-order valence-corrected chi connectivity index (χ1v) is 5.87. The van der Waals surface area contributed by atoms with E-state index in [1.54, 1.807) is 0 Å². The van der Waals surface area contributed by atoms with Crippen molar-refractivity contribution in [2.24, 2.45) is 0 Å². The van der Waals surface area contributed by atoms with Crippen molar-refractivity contribution in [3.05, 3.63) is 29.8 Å². The molecule has 0 saturated carbocycles. The zero-order valence-corrected chi connectivity index (χ0v) is 9.78. The molecule has 1 amide bonds. The Balaban J connectivity index is 1.86. The first-order valence-electron chi connectivity index (χ1n) is 5.87. The number of amides is 1. The minimum atomic E-state index is 0.0420. The predicted octanol–water partition coefficient (Wildman–Crippen LogP) is 1.70. The number of nitrogens with one attached hydrogen (secondary N) is 1. The number of benzene rings is 1. The number of terminal acetylenes is 1. The van der Waals surface area contributed by atoms with Crippen molar-refractivity contribution in [3.8, 4) is 12.3 Å². The normalized spacial score (nSPS) is 15.5. The van der Waals surface area contributed by atoms with Gasteiger partial charge < -0.3 is 5.32 Å². The maximum Gasteiger partial charge on any atom is 0.238 e. The van der Waals surface area contributed by atoms with Crippen LogP contribution in [0.2, 0.25) is 0 Å². The third-order valence-corrected chi connectivity index (χ3v) is 2.90. The summed E-state index contributed by atoms with van der Waals surface area (Å²) < 4.78 is 0. The van der Waals surface area contributed by atoms with E-state index in [0.29, 0.717) is 6.54 Å². The summed E-state index contributed by atoms with van der Waals surface area (Å²) in [6, 6.07) is 7.31. The lowest BCUT2D eigenvalue weighted by Crippen LogP contribution is -2.30. The third-order valence-electron chi connectivity index (χ3n) is 2.90. The molecule has 0 aliphatic carbocycles. The van der Waals surface area contributed by atoms with Gasteiger partial charge in [0.2, 0.25) is 5.91 Å². The molecule has 1 aliphatic heterocycles. The lowest BCUT2D eigenvalue weighted by atomic mass is 10.2. The Labute approximate surface area is 102 Å². The van der Waals surface area contributed by atoms with Crippen molar-refractivity contribution < 1.29 is 4.79 Å². The predicted molar refractivity (Wildman–Crippen MR) is 68.7 cm³/mol. The molecular weight excluding hydrogens is 212 g/mol. The summed E-state index contributed by atoms with van der Waals surface area (Å²) in [5, 5.41) is 2.87. The van der Waals surface area contributed by atoms with Crippen LogP contribution in [0, 0.1) is 12.3 Å². The molecule has 2 rings (SSSR count). The van der Waals surface area contributed by atoms with Crippen molar-refractivity contribution >= 4 is 11.6 Å². The van der Waals surface area contributed by atoms with Crippen molar-refractivity contribution in [3.63, 3.8) is 0 Å². The van der Waals surface area contributed by atoms with Crippen LogP contribution < -0.4 is 5.32 Å². The van der Waals surface area contributed by atoms with E-state index in [1.165, 1.54) is 12.8 Å². The van der Waals surface area contributed by atoms with Gasteiger partial charge in [-0.2, -0.15) is 0 Å². The van der Waals surface area contributed by atoms with Crippen molar-refractivity contribution in [2.45, 2.75) is 12.8 Å². The molecule has 17 heavy (non-hydrogen) atoms. The van der Waals surface area contributed by atoms with Crippen molar-refractivity contribution in [1.29, 1.82) is 0 Å². The van der Waals surface area contributed by atoms with Gasteiger partial charge >= 0.3 is 0 Å². The van der Waals surface area contributed by atoms with Gasteiger partial charge in [0.25, 0.3) is 0 Å². The quantitative estimate of drug-likeness (QED) is 0.799. The fourth-order valence-corrected chi connectivity index (χ4v) is 1.99. The van der Waals surface area contributed by atoms with Gasteiger partial charge in [-0.3, -0.25) is 9.69 Å². The minimum Gasteiger partial charge on any atom is -0.325 e. The zero-order chi connectivity index (χ0) is 12.1. The lowest BCUT2D eigenvalue weighted by molar-refractivity contribution is -0.117. The average Bonchev–Trinajstić information content (AvgIpc) is 2.82. The Bertz CT molecular complexity index is 425. The fraction of sp³-hybridized carbons (Fsp3) is 0.357. The van der Waals surface area contributed by atoms with Gasteiger partial charge in [0.05, 0.1) is 6.54 Å². The second-order valence-corrected chi connectivity index (χ2v) is 4.25. The van der Waals surface area contributed by atoms with Crippen molar-refractivity contribution in [2.75, 3.05) is 25.0 Å². The Hall–Kier alpha value is -1.79. The first kappa shape index (κ1) is 11.7. The molecule has 1 aromatic carbocycles. The third kappa shape index (κ3) is 3.33. The molecule has 3 nitrogen and oxygen atoms in total. The van der Waals surface area contributed by atoms with Crippen LogP contribution in [0.4, 0.5) is 5.69 Å². The molecule has 1 N–H and O–H groups in total. The molecule has 3 heteroatoms. The molecule has 0 radical (unpaired) electrons. The van der Waals surface area contributed by atoms with Crippen LogP contribution in [0.25, 0.3) is 0 Å². The number of nitrogens with zero attached hydrogens (tertiary/aromatic N) is 1. The van der Waals surface area contributed by atoms with Gasteiger partial charge in [0, 0.05) is 11.3 Å². The second-order valence-electron chi connectivity index (χ2n) is 4.25. The van der Waals surface area contributed by atoms with Gasteiger partial charge in [-0.25, -0.2) is 0 Å². The largest absolute Gasteiger partial charge is 0.325 e. The van der Waals surface area contributed by atoms with Gasteiger partial charge in [-0.15, -0.1) is 6.42 Å². The van der Waals surface area contributed by atoms with E-state index in [9.17, 15) is 4.79 Å².